The minimum atomic E-state index is -1.13. The highest BCUT2D eigenvalue weighted by atomic mass is 19.2. The second kappa shape index (κ2) is 6.29. The van der Waals surface area contributed by atoms with Gasteiger partial charge in [0.15, 0.2) is 11.6 Å². The summed E-state index contributed by atoms with van der Waals surface area (Å²) in [5, 5.41) is 21.1. The van der Waals surface area contributed by atoms with Crippen molar-refractivity contribution in [3.8, 4) is 6.07 Å². The summed E-state index contributed by atoms with van der Waals surface area (Å²) < 4.78 is 39.4. The molecule has 0 radical (unpaired) electrons. The molecule has 0 aliphatic heterocycles. The fourth-order valence-corrected chi connectivity index (χ4v) is 1.77. The summed E-state index contributed by atoms with van der Waals surface area (Å²) in [6.45, 7) is -0.0894. The first-order valence-corrected chi connectivity index (χ1v) is 6.08. The van der Waals surface area contributed by atoms with E-state index in [0.29, 0.717) is 0 Å². The van der Waals surface area contributed by atoms with E-state index in [-0.39, 0.29) is 23.4 Å². The van der Waals surface area contributed by atoms with Crippen LogP contribution < -0.4 is 5.32 Å². The monoisotopic (exact) mass is 292 g/mol. The molecule has 21 heavy (non-hydrogen) atoms. The Bertz CT molecular complexity index is 698. The number of nitrogens with zero attached hydrogens (tertiary/aromatic N) is 1. The Morgan fingerprint density at radius 1 is 1.05 bits per heavy atom. The van der Waals surface area contributed by atoms with E-state index < -0.39 is 23.6 Å². The smallest absolute Gasteiger partial charge is 0.159 e. The van der Waals surface area contributed by atoms with Gasteiger partial charge in [0.2, 0.25) is 0 Å². The second-order valence-electron chi connectivity index (χ2n) is 4.38. The first kappa shape index (κ1) is 14.9. The first-order chi connectivity index (χ1) is 10.0. The molecular formula is C15H11F3N2O. The molecule has 3 nitrogen and oxygen atoms in total. The maximum Gasteiger partial charge on any atom is 0.159 e. The molecule has 2 aromatic carbocycles. The van der Waals surface area contributed by atoms with E-state index in [1.807, 2.05) is 0 Å². The van der Waals surface area contributed by atoms with E-state index in [4.69, 9.17) is 5.26 Å². The highest BCUT2D eigenvalue weighted by Gasteiger charge is 2.12. The number of hydrogen-bond donors (Lipinski definition) is 2. The zero-order valence-electron chi connectivity index (χ0n) is 10.8. The number of aliphatic hydroxyl groups excluding tert-OH is 1. The van der Waals surface area contributed by atoms with Crippen molar-refractivity contribution in [3.05, 3.63) is 65.0 Å². The average Bonchev–Trinajstić information content (AvgIpc) is 2.48. The van der Waals surface area contributed by atoms with Crippen molar-refractivity contribution in [1.82, 2.24) is 0 Å². The third-order valence-corrected chi connectivity index (χ3v) is 2.91. The van der Waals surface area contributed by atoms with Crippen molar-refractivity contribution in [2.24, 2.45) is 0 Å². The van der Waals surface area contributed by atoms with Crippen molar-refractivity contribution in [2.45, 2.75) is 6.10 Å². The van der Waals surface area contributed by atoms with Crippen LogP contribution in [0, 0.1) is 28.8 Å². The molecular weight excluding hydrogens is 281 g/mol. The third-order valence-electron chi connectivity index (χ3n) is 2.91. The largest absolute Gasteiger partial charge is 0.387 e. The van der Waals surface area contributed by atoms with Crippen molar-refractivity contribution >= 4 is 5.69 Å². The lowest BCUT2D eigenvalue weighted by Gasteiger charge is -2.14. The lowest BCUT2D eigenvalue weighted by atomic mass is 10.1. The standard InChI is InChI=1S/C15H11F3N2O/c16-11-3-2-10(6-12(11)17)15(21)8-20-14-4-1-9(7-19)5-13(14)18/h1-6,15,20-21H,8H2. The van der Waals surface area contributed by atoms with E-state index in [1.54, 1.807) is 6.07 Å². The van der Waals surface area contributed by atoms with Crippen molar-refractivity contribution in [3.63, 3.8) is 0 Å². The summed E-state index contributed by atoms with van der Waals surface area (Å²) in [6, 6.07) is 8.71. The summed E-state index contributed by atoms with van der Waals surface area (Å²) in [5.41, 5.74) is 0.463. The zero-order valence-corrected chi connectivity index (χ0v) is 10.8. The Labute approximate surface area is 119 Å². The molecule has 0 spiro atoms. The van der Waals surface area contributed by atoms with E-state index in [2.05, 4.69) is 5.32 Å². The molecule has 6 heteroatoms. The molecule has 0 amide bonds. The topological polar surface area (TPSA) is 56.0 Å². The molecule has 0 aliphatic carbocycles. The van der Waals surface area contributed by atoms with Crippen LogP contribution >= 0.6 is 0 Å². The Kier molecular flexibility index (Phi) is 4.45. The maximum absolute atomic E-state index is 13.6. The van der Waals surface area contributed by atoms with E-state index >= 15 is 0 Å². The van der Waals surface area contributed by atoms with Gasteiger partial charge in [-0.3, -0.25) is 0 Å². The van der Waals surface area contributed by atoms with Crippen LogP contribution in [0.25, 0.3) is 0 Å². The number of aliphatic hydroxyl groups is 1. The molecule has 1 atom stereocenters. The summed E-state index contributed by atoms with van der Waals surface area (Å²) in [6.07, 6.45) is -1.13. The van der Waals surface area contributed by atoms with Crippen LogP contribution in [-0.2, 0) is 0 Å². The summed E-state index contributed by atoms with van der Waals surface area (Å²) in [4.78, 5) is 0. The SMILES string of the molecule is N#Cc1ccc(NCC(O)c2ccc(F)c(F)c2)c(F)c1. The Balaban J connectivity index is 2.05. The van der Waals surface area contributed by atoms with Gasteiger partial charge in [-0.05, 0) is 35.9 Å². The zero-order chi connectivity index (χ0) is 15.4. The summed E-state index contributed by atoms with van der Waals surface area (Å²) >= 11 is 0. The number of anilines is 1. The van der Waals surface area contributed by atoms with Crippen LogP contribution in [-0.4, -0.2) is 11.7 Å². The maximum atomic E-state index is 13.6. The molecule has 0 saturated carbocycles. The van der Waals surface area contributed by atoms with Gasteiger partial charge in [0, 0.05) is 6.54 Å². The minimum absolute atomic E-state index is 0.0894. The van der Waals surface area contributed by atoms with Gasteiger partial charge in [-0.15, -0.1) is 0 Å². The number of nitrogens with one attached hydrogen (secondary N) is 1. The Morgan fingerprint density at radius 2 is 1.81 bits per heavy atom. The van der Waals surface area contributed by atoms with Crippen LogP contribution in [0.4, 0.5) is 18.9 Å². The van der Waals surface area contributed by atoms with Crippen LogP contribution in [0.3, 0.4) is 0 Å². The van der Waals surface area contributed by atoms with Gasteiger partial charge in [-0.1, -0.05) is 6.07 Å². The highest BCUT2D eigenvalue weighted by Crippen LogP contribution is 2.19. The Hall–Kier alpha value is -2.52. The molecule has 0 saturated heterocycles. The highest BCUT2D eigenvalue weighted by molar-refractivity contribution is 5.49. The van der Waals surface area contributed by atoms with E-state index in [0.717, 1.165) is 18.2 Å². The first-order valence-electron chi connectivity index (χ1n) is 6.08. The summed E-state index contributed by atoms with van der Waals surface area (Å²) in [5.74, 6) is -2.69. The van der Waals surface area contributed by atoms with Crippen molar-refractivity contribution in [1.29, 1.82) is 5.26 Å². The van der Waals surface area contributed by atoms with Crippen LogP contribution in [0.1, 0.15) is 17.2 Å². The van der Waals surface area contributed by atoms with Crippen LogP contribution in [0.5, 0.6) is 0 Å². The van der Waals surface area contributed by atoms with Gasteiger partial charge >= 0.3 is 0 Å². The van der Waals surface area contributed by atoms with Crippen LogP contribution in [0.2, 0.25) is 0 Å². The van der Waals surface area contributed by atoms with Gasteiger partial charge in [0.05, 0.1) is 23.4 Å². The number of halogens is 3. The normalized spacial score (nSPS) is 11.8. The molecule has 1 unspecified atom stereocenters. The number of rotatable bonds is 4. The lowest BCUT2D eigenvalue weighted by molar-refractivity contribution is 0.191. The fourth-order valence-electron chi connectivity index (χ4n) is 1.77. The predicted molar refractivity (Wildman–Crippen MR) is 70.9 cm³/mol. The third kappa shape index (κ3) is 3.52. The number of benzene rings is 2. The molecule has 108 valence electrons. The lowest BCUT2D eigenvalue weighted by Crippen LogP contribution is -2.13. The van der Waals surface area contributed by atoms with Gasteiger partial charge in [0.25, 0.3) is 0 Å². The second-order valence-corrected chi connectivity index (χ2v) is 4.38. The molecule has 2 N–H and O–H groups in total. The molecule has 0 bridgehead atoms. The van der Waals surface area contributed by atoms with Crippen molar-refractivity contribution in [2.75, 3.05) is 11.9 Å². The van der Waals surface area contributed by atoms with Gasteiger partial charge in [0.1, 0.15) is 5.82 Å². The molecule has 0 fully saturated rings. The van der Waals surface area contributed by atoms with E-state index in [9.17, 15) is 18.3 Å². The Morgan fingerprint density at radius 3 is 2.43 bits per heavy atom. The quantitative estimate of drug-likeness (QED) is 0.910. The van der Waals surface area contributed by atoms with Crippen molar-refractivity contribution < 1.29 is 18.3 Å². The minimum Gasteiger partial charge on any atom is -0.387 e. The molecule has 0 aliphatic rings. The van der Waals surface area contributed by atoms with E-state index in [1.165, 1.54) is 18.2 Å². The van der Waals surface area contributed by atoms with Crippen LogP contribution in [0.15, 0.2) is 36.4 Å². The number of nitriles is 1. The van der Waals surface area contributed by atoms with Gasteiger partial charge in [-0.25, -0.2) is 13.2 Å². The molecule has 0 heterocycles. The van der Waals surface area contributed by atoms with Gasteiger partial charge in [-0.2, -0.15) is 5.26 Å². The summed E-state index contributed by atoms with van der Waals surface area (Å²) in [7, 11) is 0. The predicted octanol–water partition coefficient (Wildman–Crippen LogP) is 3.12. The molecule has 2 rings (SSSR count). The van der Waals surface area contributed by atoms with Gasteiger partial charge < -0.3 is 10.4 Å². The fraction of sp³-hybridized carbons (Fsp3) is 0.133. The number of hydrogen-bond acceptors (Lipinski definition) is 3. The molecule has 2 aromatic rings. The average molecular weight is 292 g/mol. The molecule has 0 aromatic heterocycles.